The molecule has 0 heterocycles. The molecular weight excluding hydrogens is 548 g/mol. The zero-order valence-corrected chi connectivity index (χ0v) is 21.1. The molecule has 0 bridgehead atoms. The molecule has 0 saturated heterocycles. The third-order valence-electron chi connectivity index (χ3n) is 5.00. The Kier molecular flexibility index (Phi) is 9.00. The molecule has 7 heteroatoms. The molecule has 1 amide bonds. The summed E-state index contributed by atoms with van der Waals surface area (Å²) >= 11 is 6.76. The second-order valence-corrected chi connectivity index (χ2v) is 9.29. The van der Waals surface area contributed by atoms with Crippen LogP contribution in [0, 0.1) is 0 Å². The first-order valence-electron chi connectivity index (χ1n) is 10.3. The van der Waals surface area contributed by atoms with Crippen LogP contribution in [-0.2, 0) is 16.0 Å². The van der Waals surface area contributed by atoms with Gasteiger partial charge in [0.1, 0.15) is 12.1 Å². The van der Waals surface area contributed by atoms with E-state index in [-0.39, 0.29) is 12.5 Å². The number of ether oxygens (including phenoxy) is 1. The van der Waals surface area contributed by atoms with Gasteiger partial charge in [-0.05, 0) is 54.1 Å². The van der Waals surface area contributed by atoms with E-state index >= 15 is 0 Å². The molecule has 170 valence electrons. The predicted octanol–water partition coefficient (Wildman–Crippen LogP) is 5.76. The fourth-order valence-corrected chi connectivity index (χ4v) is 3.77. The van der Waals surface area contributed by atoms with Gasteiger partial charge in [-0.3, -0.25) is 10.1 Å². The van der Waals surface area contributed by atoms with Crippen LogP contribution in [0.15, 0.2) is 100 Å². The molecule has 3 aromatic rings. The van der Waals surface area contributed by atoms with Crippen molar-refractivity contribution in [3.8, 4) is 0 Å². The fourth-order valence-electron chi connectivity index (χ4n) is 3.24. The summed E-state index contributed by atoms with van der Waals surface area (Å²) in [6.45, 7) is 3.96. The lowest BCUT2D eigenvalue weighted by Gasteiger charge is -2.33. The van der Waals surface area contributed by atoms with Gasteiger partial charge in [0.05, 0.1) is 5.56 Å². The highest BCUT2D eigenvalue weighted by molar-refractivity contribution is 9.10. The first-order valence-corrected chi connectivity index (χ1v) is 11.9. The Bertz CT molecular complexity index is 1090. The van der Waals surface area contributed by atoms with E-state index in [1.54, 1.807) is 42.5 Å². The zero-order valence-electron chi connectivity index (χ0n) is 17.9. The van der Waals surface area contributed by atoms with Crippen molar-refractivity contribution < 1.29 is 14.3 Å². The number of anilines is 1. The van der Waals surface area contributed by atoms with Gasteiger partial charge in [0.15, 0.2) is 0 Å². The Labute approximate surface area is 210 Å². The average molecular weight is 572 g/mol. The molecule has 3 aromatic carbocycles. The lowest BCUT2D eigenvalue weighted by Crippen LogP contribution is -2.60. The molecule has 2 N–H and O–H groups in total. The first-order chi connectivity index (χ1) is 15.9. The summed E-state index contributed by atoms with van der Waals surface area (Å²) in [6.07, 6.45) is 1.99. The number of carbonyl (C=O) groups is 2. The fraction of sp³-hybridized carbons (Fsp3) is 0.154. The van der Waals surface area contributed by atoms with Crippen molar-refractivity contribution in [2.75, 3.05) is 18.5 Å². The van der Waals surface area contributed by atoms with Gasteiger partial charge in [-0.2, -0.15) is 0 Å². The molecular formula is C26H24Br2N2O3. The summed E-state index contributed by atoms with van der Waals surface area (Å²) in [5.41, 5.74) is 0.761. The lowest BCUT2D eigenvalue weighted by atomic mass is 9.90. The van der Waals surface area contributed by atoms with Gasteiger partial charge < -0.3 is 10.1 Å². The summed E-state index contributed by atoms with van der Waals surface area (Å²) in [5, 5.41) is 6.21. The number of carbonyl (C=O) groups excluding carboxylic acids is 2. The number of benzene rings is 3. The highest BCUT2D eigenvalue weighted by Crippen LogP contribution is 2.21. The van der Waals surface area contributed by atoms with E-state index in [0.29, 0.717) is 24.2 Å². The number of halogens is 2. The molecule has 0 spiro atoms. The molecule has 0 saturated carbocycles. The van der Waals surface area contributed by atoms with Crippen molar-refractivity contribution >= 4 is 49.4 Å². The van der Waals surface area contributed by atoms with Crippen molar-refractivity contribution in [3.05, 3.63) is 112 Å². The summed E-state index contributed by atoms with van der Waals surface area (Å²) in [4.78, 5) is 26.3. The highest BCUT2D eigenvalue weighted by atomic mass is 79.9. The predicted molar refractivity (Wildman–Crippen MR) is 138 cm³/mol. The third-order valence-corrected chi connectivity index (χ3v) is 6.06. The maximum absolute atomic E-state index is 13.6. The van der Waals surface area contributed by atoms with E-state index in [4.69, 9.17) is 4.74 Å². The van der Waals surface area contributed by atoms with E-state index < -0.39 is 11.5 Å². The molecule has 0 aliphatic carbocycles. The van der Waals surface area contributed by atoms with Crippen molar-refractivity contribution in [1.29, 1.82) is 0 Å². The number of nitrogens with one attached hydrogen (secondary N) is 2. The Balaban J connectivity index is 1.89. The maximum atomic E-state index is 13.6. The number of hydrogen-bond acceptors (Lipinski definition) is 4. The Morgan fingerprint density at radius 3 is 2.12 bits per heavy atom. The number of rotatable bonds is 10. The molecule has 0 aliphatic heterocycles. The van der Waals surface area contributed by atoms with Crippen LogP contribution in [0.25, 0.3) is 0 Å². The normalized spacial score (nSPS) is 12.4. The van der Waals surface area contributed by atoms with Crippen LogP contribution in [0.3, 0.4) is 0 Å². The van der Waals surface area contributed by atoms with Crippen molar-refractivity contribution in [2.24, 2.45) is 0 Å². The van der Waals surface area contributed by atoms with Crippen molar-refractivity contribution in [3.63, 3.8) is 0 Å². The smallest absolute Gasteiger partial charge is 0.338 e. The second-order valence-electron chi connectivity index (χ2n) is 7.46. The van der Waals surface area contributed by atoms with Crippen LogP contribution in [0.4, 0.5) is 5.69 Å². The third kappa shape index (κ3) is 7.12. The van der Waals surface area contributed by atoms with Crippen LogP contribution in [0.2, 0.25) is 0 Å². The van der Waals surface area contributed by atoms with Crippen molar-refractivity contribution in [1.82, 2.24) is 5.32 Å². The van der Waals surface area contributed by atoms with Gasteiger partial charge >= 0.3 is 5.97 Å². The van der Waals surface area contributed by atoms with Gasteiger partial charge in [0.2, 0.25) is 5.91 Å². The minimum absolute atomic E-state index is 0.160. The Morgan fingerprint density at radius 2 is 1.52 bits per heavy atom. The zero-order chi connectivity index (χ0) is 23.7. The van der Waals surface area contributed by atoms with E-state index in [1.165, 1.54) is 0 Å². The van der Waals surface area contributed by atoms with Gasteiger partial charge in [-0.25, -0.2) is 4.79 Å². The van der Waals surface area contributed by atoms with Gasteiger partial charge in [0.25, 0.3) is 0 Å². The molecule has 1 atom stereocenters. The summed E-state index contributed by atoms with van der Waals surface area (Å²) in [7, 11) is 0. The number of esters is 1. The van der Waals surface area contributed by atoms with Crippen LogP contribution < -0.4 is 10.6 Å². The van der Waals surface area contributed by atoms with E-state index in [1.807, 2.05) is 42.5 Å². The van der Waals surface area contributed by atoms with Gasteiger partial charge in [-0.1, -0.05) is 68.3 Å². The van der Waals surface area contributed by atoms with Gasteiger partial charge in [-0.15, -0.1) is 6.58 Å². The average Bonchev–Trinajstić information content (AvgIpc) is 2.83. The Morgan fingerprint density at radius 1 is 0.909 bits per heavy atom. The number of amides is 1. The quantitative estimate of drug-likeness (QED) is 0.240. The molecule has 3 rings (SSSR count). The lowest BCUT2D eigenvalue weighted by molar-refractivity contribution is -0.124. The van der Waals surface area contributed by atoms with Crippen LogP contribution in [0.5, 0.6) is 0 Å². The topological polar surface area (TPSA) is 67.4 Å². The Hall–Kier alpha value is -2.74. The van der Waals surface area contributed by atoms with Crippen LogP contribution in [0.1, 0.15) is 15.9 Å². The van der Waals surface area contributed by atoms with Crippen LogP contribution in [-0.4, -0.2) is 30.6 Å². The van der Waals surface area contributed by atoms with Crippen LogP contribution >= 0.6 is 31.9 Å². The monoisotopic (exact) mass is 570 g/mol. The van der Waals surface area contributed by atoms with Crippen molar-refractivity contribution in [2.45, 2.75) is 12.0 Å². The summed E-state index contributed by atoms with van der Waals surface area (Å²) in [5.74, 6) is -0.809. The van der Waals surface area contributed by atoms with E-state index in [0.717, 1.165) is 14.5 Å². The summed E-state index contributed by atoms with van der Waals surface area (Å²) in [6, 6.07) is 23.8. The minimum Gasteiger partial charge on any atom is -0.460 e. The molecule has 5 nitrogen and oxygen atoms in total. The molecule has 33 heavy (non-hydrogen) atoms. The summed E-state index contributed by atoms with van der Waals surface area (Å²) < 4.78 is 7.43. The standard InChI is InChI=1S/C26H24Br2N2O3/c1-2-16-29-26(17-19-6-4-3-5-7-19,25(32)30-23-14-12-22(28)13-15-23)18-33-24(31)20-8-10-21(27)11-9-20/h2-15,29H,1,16-18H2,(H,30,32)/t26-/m0/s1. The largest absolute Gasteiger partial charge is 0.460 e. The minimum atomic E-state index is -1.21. The maximum Gasteiger partial charge on any atom is 0.338 e. The molecule has 0 aliphatic rings. The second kappa shape index (κ2) is 11.9. The molecule has 0 fully saturated rings. The van der Waals surface area contributed by atoms with E-state index in [2.05, 4.69) is 49.1 Å². The SMILES string of the molecule is C=CCN[C@](COC(=O)c1ccc(Br)cc1)(Cc1ccccc1)C(=O)Nc1ccc(Br)cc1. The van der Waals surface area contributed by atoms with E-state index in [9.17, 15) is 9.59 Å². The first kappa shape index (κ1) is 24.9. The molecule has 0 aromatic heterocycles. The number of hydrogen-bond donors (Lipinski definition) is 2. The molecule has 0 unspecified atom stereocenters. The van der Waals surface area contributed by atoms with Gasteiger partial charge in [0, 0.05) is 27.6 Å². The highest BCUT2D eigenvalue weighted by Gasteiger charge is 2.40. The molecule has 0 radical (unpaired) electrons.